The molecule has 0 heterocycles. The van der Waals surface area contributed by atoms with Crippen molar-refractivity contribution in [2.45, 2.75) is 36.0 Å². The van der Waals surface area contributed by atoms with Gasteiger partial charge in [0.1, 0.15) is 0 Å². The van der Waals surface area contributed by atoms with E-state index in [4.69, 9.17) is 0 Å². The normalized spacial score (nSPS) is 15.3. The van der Waals surface area contributed by atoms with Crippen LogP contribution in [0.1, 0.15) is 20.3 Å². The molecule has 2 atom stereocenters. The average Bonchev–Trinajstić information content (AvgIpc) is 2.28. The van der Waals surface area contributed by atoms with E-state index in [1.54, 1.807) is 24.3 Å². The Bertz CT molecular complexity index is 498. The molecule has 19 heavy (non-hydrogen) atoms. The summed E-state index contributed by atoms with van der Waals surface area (Å²) in [7, 11) is -0.286. The lowest BCUT2D eigenvalue weighted by atomic mass is 10.2. The molecule has 0 radical (unpaired) electrons. The highest BCUT2D eigenvalue weighted by Crippen LogP contribution is 2.18. The number of nitrogens with zero attached hydrogens (tertiary/aromatic N) is 1. The van der Waals surface area contributed by atoms with E-state index in [9.17, 15) is 8.42 Å². The monoisotopic (exact) mass is 348 g/mol. The van der Waals surface area contributed by atoms with Gasteiger partial charge in [-0.1, -0.05) is 22.9 Å². The quantitative estimate of drug-likeness (QED) is 0.804. The third kappa shape index (κ3) is 4.78. The van der Waals surface area contributed by atoms with Gasteiger partial charge in [-0.2, -0.15) is 0 Å². The van der Waals surface area contributed by atoms with Gasteiger partial charge in [-0.15, -0.1) is 0 Å². The lowest BCUT2D eigenvalue weighted by Gasteiger charge is -2.17. The van der Waals surface area contributed by atoms with Gasteiger partial charge >= 0.3 is 0 Å². The summed E-state index contributed by atoms with van der Waals surface area (Å²) in [5, 5.41) is 3.34. The van der Waals surface area contributed by atoms with E-state index >= 15 is 0 Å². The zero-order valence-electron chi connectivity index (χ0n) is 11.7. The molecule has 0 aliphatic carbocycles. The Morgan fingerprint density at radius 3 is 2.16 bits per heavy atom. The molecule has 0 spiro atoms. The molecule has 4 nitrogen and oxygen atoms in total. The van der Waals surface area contributed by atoms with Crippen molar-refractivity contribution in [3.05, 3.63) is 24.3 Å². The third-order valence-corrected chi connectivity index (χ3v) is 4.93. The van der Waals surface area contributed by atoms with Crippen LogP contribution in [-0.2, 0) is 10.0 Å². The van der Waals surface area contributed by atoms with Crippen LogP contribution >= 0.6 is 15.9 Å². The number of hydrogen-bond acceptors (Lipinski definition) is 3. The first kappa shape index (κ1) is 16.5. The maximum atomic E-state index is 11.9. The van der Waals surface area contributed by atoms with Crippen molar-refractivity contribution in [2.75, 3.05) is 19.4 Å². The molecule has 0 aliphatic rings. The molecule has 1 rings (SSSR count). The first-order valence-electron chi connectivity index (χ1n) is 6.16. The molecule has 0 saturated heterocycles. The van der Waals surface area contributed by atoms with E-state index in [-0.39, 0.29) is 0 Å². The smallest absolute Gasteiger partial charge is 0.242 e. The summed E-state index contributed by atoms with van der Waals surface area (Å²) < 4.78 is 25.0. The second-order valence-corrected chi connectivity index (χ2v) is 8.59. The molecule has 0 amide bonds. The van der Waals surface area contributed by atoms with Crippen LogP contribution in [0.5, 0.6) is 0 Å². The molecule has 0 aliphatic heterocycles. The topological polar surface area (TPSA) is 49.4 Å². The van der Waals surface area contributed by atoms with E-state index in [0.717, 1.165) is 12.1 Å². The first-order valence-corrected chi connectivity index (χ1v) is 8.52. The number of anilines is 1. The summed E-state index contributed by atoms with van der Waals surface area (Å²) >= 11 is 3.52. The Hall–Kier alpha value is -0.590. The van der Waals surface area contributed by atoms with Crippen LogP contribution in [0.3, 0.4) is 0 Å². The molecule has 1 aromatic rings. The molecular formula is C13H21BrN2O2S. The molecule has 1 aromatic carbocycles. The van der Waals surface area contributed by atoms with Crippen molar-refractivity contribution in [3.8, 4) is 0 Å². The number of alkyl halides is 1. The van der Waals surface area contributed by atoms with Crippen molar-refractivity contribution in [3.63, 3.8) is 0 Å². The minimum absolute atomic E-state index is 0.310. The Morgan fingerprint density at radius 2 is 1.74 bits per heavy atom. The van der Waals surface area contributed by atoms with Crippen LogP contribution in [0.4, 0.5) is 5.69 Å². The van der Waals surface area contributed by atoms with E-state index < -0.39 is 10.0 Å². The fourth-order valence-corrected chi connectivity index (χ4v) is 3.23. The standard InChI is InChI=1S/C13H21BrN2O2S/c1-10(14)9-11(2)15-12-5-7-13(8-6-12)19(17,18)16(3)4/h5-8,10-11,15H,9H2,1-4H3. The second kappa shape index (κ2) is 6.72. The predicted molar refractivity (Wildman–Crippen MR) is 83.4 cm³/mol. The zero-order chi connectivity index (χ0) is 14.6. The average molecular weight is 349 g/mol. The van der Waals surface area contributed by atoms with E-state index in [1.807, 2.05) is 0 Å². The summed E-state index contributed by atoms with van der Waals surface area (Å²) in [6.45, 7) is 4.20. The molecule has 0 aromatic heterocycles. The van der Waals surface area contributed by atoms with Crippen molar-refractivity contribution in [2.24, 2.45) is 0 Å². The summed E-state index contributed by atoms with van der Waals surface area (Å²) in [5.74, 6) is 0. The maximum Gasteiger partial charge on any atom is 0.242 e. The fourth-order valence-electron chi connectivity index (χ4n) is 1.76. The Labute approximate surface area is 124 Å². The van der Waals surface area contributed by atoms with Gasteiger partial charge in [0.2, 0.25) is 10.0 Å². The highest BCUT2D eigenvalue weighted by atomic mass is 79.9. The van der Waals surface area contributed by atoms with Gasteiger partial charge in [-0.25, -0.2) is 12.7 Å². The third-order valence-electron chi connectivity index (χ3n) is 2.72. The molecule has 0 bridgehead atoms. The molecule has 6 heteroatoms. The van der Waals surface area contributed by atoms with Crippen LogP contribution in [0, 0.1) is 0 Å². The highest BCUT2D eigenvalue weighted by molar-refractivity contribution is 9.09. The van der Waals surface area contributed by atoms with Crippen LogP contribution in [0.25, 0.3) is 0 Å². The molecule has 0 fully saturated rings. The molecular weight excluding hydrogens is 328 g/mol. The van der Waals surface area contributed by atoms with Crippen LogP contribution in [-0.4, -0.2) is 37.7 Å². The van der Waals surface area contributed by atoms with Crippen LogP contribution in [0.2, 0.25) is 0 Å². The van der Waals surface area contributed by atoms with Crippen LogP contribution in [0.15, 0.2) is 29.2 Å². The first-order chi connectivity index (χ1) is 8.73. The minimum Gasteiger partial charge on any atom is -0.383 e. The predicted octanol–water partition coefficient (Wildman–Crippen LogP) is 2.91. The van der Waals surface area contributed by atoms with E-state index in [1.165, 1.54) is 18.4 Å². The Morgan fingerprint density at radius 1 is 1.21 bits per heavy atom. The largest absolute Gasteiger partial charge is 0.383 e. The van der Waals surface area contributed by atoms with Gasteiger partial charge in [0.25, 0.3) is 0 Å². The zero-order valence-corrected chi connectivity index (χ0v) is 14.1. The van der Waals surface area contributed by atoms with Crippen molar-refractivity contribution in [1.29, 1.82) is 0 Å². The molecule has 108 valence electrons. The van der Waals surface area contributed by atoms with Crippen molar-refractivity contribution < 1.29 is 8.42 Å². The highest BCUT2D eigenvalue weighted by Gasteiger charge is 2.16. The van der Waals surface area contributed by atoms with Gasteiger partial charge in [-0.05, 0) is 37.6 Å². The number of halogens is 1. The Balaban J connectivity index is 2.78. The lowest BCUT2D eigenvalue weighted by molar-refractivity contribution is 0.521. The number of sulfonamides is 1. The summed E-state index contributed by atoms with van der Waals surface area (Å²) in [6.07, 6.45) is 0.998. The number of nitrogens with one attached hydrogen (secondary N) is 1. The van der Waals surface area contributed by atoms with E-state index in [2.05, 4.69) is 35.1 Å². The summed E-state index contributed by atoms with van der Waals surface area (Å²) in [6, 6.07) is 7.17. The van der Waals surface area contributed by atoms with Gasteiger partial charge in [0.05, 0.1) is 4.90 Å². The van der Waals surface area contributed by atoms with Crippen molar-refractivity contribution >= 4 is 31.6 Å². The minimum atomic E-state index is -3.34. The second-order valence-electron chi connectivity index (χ2n) is 4.87. The molecule has 0 saturated carbocycles. The van der Waals surface area contributed by atoms with Gasteiger partial charge in [0, 0.05) is 30.7 Å². The maximum absolute atomic E-state index is 11.9. The van der Waals surface area contributed by atoms with E-state index in [0.29, 0.717) is 15.8 Å². The summed E-state index contributed by atoms with van der Waals surface area (Å²) in [5.41, 5.74) is 0.929. The lowest BCUT2D eigenvalue weighted by Crippen LogP contribution is -2.22. The van der Waals surface area contributed by atoms with Crippen LogP contribution < -0.4 is 5.32 Å². The van der Waals surface area contributed by atoms with Gasteiger partial charge in [0.15, 0.2) is 0 Å². The molecule has 2 unspecified atom stereocenters. The van der Waals surface area contributed by atoms with Crippen molar-refractivity contribution in [1.82, 2.24) is 4.31 Å². The Kier molecular flexibility index (Phi) is 5.82. The fraction of sp³-hybridized carbons (Fsp3) is 0.538. The van der Waals surface area contributed by atoms with Gasteiger partial charge < -0.3 is 5.32 Å². The number of hydrogen-bond donors (Lipinski definition) is 1. The van der Waals surface area contributed by atoms with Gasteiger partial charge in [-0.3, -0.25) is 0 Å². The summed E-state index contributed by atoms with van der Waals surface area (Å²) in [4.78, 5) is 0.757. The SMILES string of the molecule is CC(Br)CC(C)Nc1ccc(S(=O)(=O)N(C)C)cc1. The number of rotatable bonds is 6. The molecule has 1 N–H and O–H groups in total. The number of benzene rings is 1.